The molecular formula is C23H25N3O6. The molecule has 0 radical (unpaired) electrons. The molecule has 0 fully saturated rings. The standard InChI is InChI=1S/C23H25N3O6/c1-29-15-7-5-6-13(8-15)11-26-12-16-19(22(26)27)20(25-23(28)24-16)14-9-17(30-2)21(32-4)18(10-14)31-3/h5-10,20H,11-12H2,1-4H3,(H2,24,25,28)/t20-/m0/s1. The van der Waals surface area contributed by atoms with Crippen LogP contribution in [0.5, 0.6) is 23.0 Å². The van der Waals surface area contributed by atoms with Crippen molar-refractivity contribution in [1.82, 2.24) is 15.5 Å². The van der Waals surface area contributed by atoms with Gasteiger partial charge in [-0.05, 0) is 35.4 Å². The fourth-order valence-electron chi connectivity index (χ4n) is 4.07. The molecule has 9 heteroatoms. The predicted octanol–water partition coefficient (Wildman–Crippen LogP) is 2.37. The highest BCUT2D eigenvalue weighted by molar-refractivity contribution is 6.01. The minimum atomic E-state index is -0.657. The van der Waals surface area contributed by atoms with E-state index in [0.29, 0.717) is 47.2 Å². The molecular weight excluding hydrogens is 414 g/mol. The van der Waals surface area contributed by atoms with Crippen LogP contribution in [0.4, 0.5) is 4.79 Å². The SMILES string of the molecule is COc1cccc(CN2CC3=C(C2=O)[C@H](c2cc(OC)c(OC)c(OC)c2)NC(=O)N3)c1. The summed E-state index contributed by atoms with van der Waals surface area (Å²) in [5.74, 6) is 1.88. The maximum atomic E-state index is 13.4. The zero-order chi connectivity index (χ0) is 22.8. The van der Waals surface area contributed by atoms with Crippen molar-refractivity contribution in [3.05, 3.63) is 58.8 Å². The molecule has 0 saturated carbocycles. The third kappa shape index (κ3) is 3.77. The summed E-state index contributed by atoms with van der Waals surface area (Å²) in [5.41, 5.74) is 2.65. The quantitative estimate of drug-likeness (QED) is 0.687. The highest BCUT2D eigenvalue weighted by atomic mass is 16.5. The number of carbonyl (C=O) groups excluding carboxylic acids is 2. The Labute approximate surface area is 185 Å². The number of urea groups is 1. The summed E-state index contributed by atoms with van der Waals surface area (Å²) in [7, 11) is 6.15. The Bertz CT molecular complexity index is 1070. The lowest BCUT2D eigenvalue weighted by Crippen LogP contribution is -2.44. The van der Waals surface area contributed by atoms with Crippen molar-refractivity contribution in [3.8, 4) is 23.0 Å². The number of amides is 3. The molecule has 2 aliphatic heterocycles. The average Bonchev–Trinajstić information content (AvgIpc) is 3.12. The molecule has 2 aromatic rings. The van der Waals surface area contributed by atoms with E-state index in [2.05, 4.69) is 10.6 Å². The van der Waals surface area contributed by atoms with Crippen LogP contribution in [0.2, 0.25) is 0 Å². The van der Waals surface area contributed by atoms with E-state index < -0.39 is 6.04 Å². The Hall–Kier alpha value is -3.88. The first kappa shape index (κ1) is 21.4. The Balaban J connectivity index is 1.67. The van der Waals surface area contributed by atoms with Crippen molar-refractivity contribution in [2.24, 2.45) is 0 Å². The maximum absolute atomic E-state index is 13.4. The van der Waals surface area contributed by atoms with Crippen LogP contribution in [-0.2, 0) is 11.3 Å². The number of nitrogens with one attached hydrogen (secondary N) is 2. The lowest BCUT2D eigenvalue weighted by Gasteiger charge is -2.26. The van der Waals surface area contributed by atoms with Gasteiger partial charge in [0.25, 0.3) is 5.91 Å². The molecule has 4 rings (SSSR count). The molecule has 0 saturated heterocycles. The molecule has 2 aromatic carbocycles. The summed E-state index contributed by atoms with van der Waals surface area (Å²) >= 11 is 0. The van der Waals surface area contributed by atoms with E-state index in [1.54, 1.807) is 24.1 Å². The van der Waals surface area contributed by atoms with Crippen molar-refractivity contribution in [3.63, 3.8) is 0 Å². The second-order valence-corrected chi connectivity index (χ2v) is 7.40. The van der Waals surface area contributed by atoms with Gasteiger partial charge in [-0.3, -0.25) is 4.79 Å². The Morgan fingerprint density at radius 3 is 2.31 bits per heavy atom. The zero-order valence-corrected chi connectivity index (χ0v) is 18.4. The van der Waals surface area contributed by atoms with Gasteiger partial charge in [0.15, 0.2) is 11.5 Å². The number of methoxy groups -OCH3 is 4. The average molecular weight is 439 g/mol. The second kappa shape index (κ2) is 8.70. The monoisotopic (exact) mass is 439 g/mol. The van der Waals surface area contributed by atoms with Crippen molar-refractivity contribution < 1.29 is 28.5 Å². The molecule has 1 atom stereocenters. The van der Waals surface area contributed by atoms with Gasteiger partial charge >= 0.3 is 6.03 Å². The molecule has 9 nitrogen and oxygen atoms in total. The number of hydrogen-bond donors (Lipinski definition) is 2. The lowest BCUT2D eigenvalue weighted by atomic mass is 9.95. The first-order valence-corrected chi connectivity index (χ1v) is 10.0. The van der Waals surface area contributed by atoms with Gasteiger partial charge in [0.2, 0.25) is 5.75 Å². The highest BCUT2D eigenvalue weighted by Crippen LogP contribution is 2.42. The zero-order valence-electron chi connectivity index (χ0n) is 18.4. The van der Waals surface area contributed by atoms with E-state index in [-0.39, 0.29) is 11.9 Å². The van der Waals surface area contributed by atoms with Gasteiger partial charge < -0.3 is 34.5 Å². The van der Waals surface area contributed by atoms with Crippen LogP contribution in [0.3, 0.4) is 0 Å². The smallest absolute Gasteiger partial charge is 0.319 e. The van der Waals surface area contributed by atoms with Crippen molar-refractivity contribution in [1.29, 1.82) is 0 Å². The number of benzene rings is 2. The molecule has 0 aliphatic carbocycles. The minimum absolute atomic E-state index is 0.158. The number of carbonyl (C=O) groups is 2. The van der Waals surface area contributed by atoms with E-state index in [0.717, 1.165) is 11.3 Å². The van der Waals surface area contributed by atoms with Crippen LogP contribution in [0.25, 0.3) is 0 Å². The summed E-state index contributed by atoms with van der Waals surface area (Å²) in [5, 5.41) is 5.63. The van der Waals surface area contributed by atoms with Gasteiger partial charge in [-0.25, -0.2) is 4.79 Å². The molecule has 2 heterocycles. The summed E-state index contributed by atoms with van der Waals surface area (Å²) in [6.07, 6.45) is 0. The Morgan fingerprint density at radius 2 is 1.69 bits per heavy atom. The molecule has 168 valence electrons. The second-order valence-electron chi connectivity index (χ2n) is 7.40. The summed E-state index contributed by atoms with van der Waals surface area (Å²) < 4.78 is 21.5. The van der Waals surface area contributed by atoms with Crippen molar-refractivity contribution in [2.75, 3.05) is 35.0 Å². The van der Waals surface area contributed by atoms with Crippen LogP contribution in [0.1, 0.15) is 17.2 Å². The van der Waals surface area contributed by atoms with E-state index in [1.165, 1.54) is 21.3 Å². The highest BCUT2D eigenvalue weighted by Gasteiger charge is 2.41. The maximum Gasteiger partial charge on any atom is 0.319 e. The third-order valence-corrected chi connectivity index (χ3v) is 5.55. The van der Waals surface area contributed by atoms with Crippen LogP contribution in [0, 0.1) is 0 Å². The molecule has 3 amide bonds. The van der Waals surface area contributed by atoms with E-state index >= 15 is 0 Å². The van der Waals surface area contributed by atoms with Gasteiger partial charge in [0, 0.05) is 6.54 Å². The Morgan fingerprint density at radius 1 is 0.969 bits per heavy atom. The van der Waals surface area contributed by atoms with Crippen LogP contribution < -0.4 is 29.6 Å². The lowest BCUT2D eigenvalue weighted by molar-refractivity contribution is -0.126. The molecule has 32 heavy (non-hydrogen) atoms. The molecule has 2 N–H and O–H groups in total. The molecule has 0 spiro atoms. The largest absolute Gasteiger partial charge is 0.497 e. The van der Waals surface area contributed by atoms with Gasteiger partial charge in [-0.1, -0.05) is 12.1 Å². The van der Waals surface area contributed by atoms with Gasteiger partial charge in [-0.15, -0.1) is 0 Å². The van der Waals surface area contributed by atoms with E-state index in [1.807, 2.05) is 24.3 Å². The number of rotatable bonds is 7. The first-order chi connectivity index (χ1) is 15.5. The van der Waals surface area contributed by atoms with Gasteiger partial charge in [0.05, 0.1) is 52.3 Å². The van der Waals surface area contributed by atoms with Crippen molar-refractivity contribution in [2.45, 2.75) is 12.6 Å². The van der Waals surface area contributed by atoms with Crippen LogP contribution >= 0.6 is 0 Å². The predicted molar refractivity (Wildman–Crippen MR) is 116 cm³/mol. The minimum Gasteiger partial charge on any atom is -0.497 e. The summed E-state index contributed by atoms with van der Waals surface area (Å²) in [6, 6.07) is 9.99. The number of ether oxygens (including phenoxy) is 4. The van der Waals surface area contributed by atoms with Crippen LogP contribution in [0.15, 0.2) is 47.7 Å². The van der Waals surface area contributed by atoms with Gasteiger partial charge in [-0.2, -0.15) is 0 Å². The molecule has 2 aliphatic rings. The fraction of sp³-hybridized carbons (Fsp3) is 0.304. The van der Waals surface area contributed by atoms with Crippen LogP contribution in [-0.4, -0.2) is 51.8 Å². The molecule has 0 unspecified atom stereocenters. The summed E-state index contributed by atoms with van der Waals surface area (Å²) in [4.78, 5) is 27.5. The van der Waals surface area contributed by atoms with E-state index in [4.69, 9.17) is 18.9 Å². The first-order valence-electron chi connectivity index (χ1n) is 10.0. The third-order valence-electron chi connectivity index (χ3n) is 5.55. The van der Waals surface area contributed by atoms with Gasteiger partial charge in [0.1, 0.15) is 5.75 Å². The molecule has 0 aromatic heterocycles. The van der Waals surface area contributed by atoms with E-state index in [9.17, 15) is 9.59 Å². The van der Waals surface area contributed by atoms with Crippen molar-refractivity contribution >= 4 is 11.9 Å². The normalized spacial score (nSPS) is 17.5. The number of hydrogen-bond acceptors (Lipinski definition) is 6. The summed E-state index contributed by atoms with van der Waals surface area (Å²) in [6.45, 7) is 0.695. The Kier molecular flexibility index (Phi) is 5.81. The molecule has 0 bridgehead atoms. The topological polar surface area (TPSA) is 98.4 Å². The fourth-order valence-corrected chi connectivity index (χ4v) is 4.07. The number of nitrogens with zero attached hydrogens (tertiary/aromatic N) is 1.